The van der Waals surface area contributed by atoms with Gasteiger partial charge in [0, 0.05) is 41.6 Å². The van der Waals surface area contributed by atoms with Gasteiger partial charge in [-0.1, -0.05) is 34.6 Å². The van der Waals surface area contributed by atoms with Crippen LogP contribution >= 0.6 is 0 Å². The molecule has 126 valence electrons. The van der Waals surface area contributed by atoms with E-state index in [1.165, 1.54) is 11.3 Å². The molecule has 0 bridgehead atoms. The maximum absolute atomic E-state index is 4.65. The fourth-order valence-corrected chi connectivity index (χ4v) is 3.09. The molecule has 0 fully saturated rings. The Hall–Kier alpha value is -1.69. The molecular weight excluding hydrogens is 288 g/mol. The van der Waals surface area contributed by atoms with E-state index in [4.69, 9.17) is 0 Å². The smallest absolute Gasteiger partial charge is 0.153 e. The van der Waals surface area contributed by atoms with Crippen LogP contribution in [0.25, 0.3) is 0 Å². The average Bonchev–Trinajstić information content (AvgIpc) is 3.10. The molecule has 0 aliphatic carbocycles. The van der Waals surface area contributed by atoms with E-state index in [9.17, 15) is 0 Å². The van der Waals surface area contributed by atoms with Crippen molar-refractivity contribution in [2.75, 3.05) is 0 Å². The lowest BCUT2D eigenvalue weighted by Gasteiger charge is -2.24. The fourth-order valence-electron chi connectivity index (χ4n) is 3.09. The van der Waals surface area contributed by atoms with Gasteiger partial charge < -0.3 is 5.32 Å². The number of nitrogens with one attached hydrogen (secondary N) is 2. The van der Waals surface area contributed by atoms with Crippen LogP contribution < -0.4 is 5.32 Å². The second-order valence-electron chi connectivity index (χ2n) is 7.86. The first-order valence-corrected chi connectivity index (χ1v) is 8.54. The number of rotatable bonds is 4. The highest BCUT2D eigenvalue weighted by molar-refractivity contribution is 5.23. The van der Waals surface area contributed by atoms with Crippen LogP contribution in [0.1, 0.15) is 69.9 Å². The third-order valence-corrected chi connectivity index (χ3v) is 4.44. The molecule has 1 aliphatic rings. The first kappa shape index (κ1) is 16.2. The largest absolute Gasteiger partial charge is 0.308 e. The summed E-state index contributed by atoms with van der Waals surface area (Å²) < 4.78 is 2.08. The second kappa shape index (κ2) is 6.07. The molecule has 1 atom stereocenters. The van der Waals surface area contributed by atoms with Gasteiger partial charge in [0.15, 0.2) is 5.82 Å². The van der Waals surface area contributed by atoms with Crippen molar-refractivity contribution in [1.82, 2.24) is 30.3 Å². The Balaban J connectivity index is 1.63. The molecule has 3 heterocycles. The molecular formula is C17H28N6. The molecule has 0 saturated heterocycles. The summed E-state index contributed by atoms with van der Waals surface area (Å²) in [6.45, 7) is 12.7. The van der Waals surface area contributed by atoms with Crippen molar-refractivity contribution < 1.29 is 0 Å². The van der Waals surface area contributed by atoms with Gasteiger partial charge in [0.1, 0.15) is 5.82 Å². The maximum atomic E-state index is 4.65. The summed E-state index contributed by atoms with van der Waals surface area (Å²) >= 11 is 0. The Morgan fingerprint density at radius 2 is 2.17 bits per heavy atom. The monoisotopic (exact) mass is 316 g/mol. The van der Waals surface area contributed by atoms with E-state index < -0.39 is 0 Å². The standard InChI is InChI=1S/C17H28N6/c1-11(2)16-20-14-7-6-13(10-23(14)22-16)18-8-12-9-19-21-15(12)17(3,4)5/h9,11,13,18H,6-8,10H2,1-5H3,(H,19,21). The van der Waals surface area contributed by atoms with Crippen LogP contribution in [0.4, 0.5) is 0 Å². The van der Waals surface area contributed by atoms with Crippen molar-refractivity contribution in [2.24, 2.45) is 0 Å². The highest BCUT2D eigenvalue weighted by atomic mass is 15.4. The van der Waals surface area contributed by atoms with E-state index in [0.29, 0.717) is 12.0 Å². The highest BCUT2D eigenvalue weighted by Crippen LogP contribution is 2.24. The molecule has 0 aromatic carbocycles. The molecule has 3 rings (SSSR count). The van der Waals surface area contributed by atoms with Crippen molar-refractivity contribution in [2.45, 2.75) is 77.9 Å². The van der Waals surface area contributed by atoms with Crippen molar-refractivity contribution in [3.05, 3.63) is 29.1 Å². The van der Waals surface area contributed by atoms with Gasteiger partial charge in [-0.2, -0.15) is 10.2 Å². The Labute approximate surface area is 138 Å². The zero-order chi connectivity index (χ0) is 16.6. The molecule has 23 heavy (non-hydrogen) atoms. The molecule has 0 saturated carbocycles. The average molecular weight is 316 g/mol. The lowest BCUT2D eigenvalue weighted by Crippen LogP contribution is -2.37. The van der Waals surface area contributed by atoms with Crippen LogP contribution in [-0.2, 0) is 24.9 Å². The summed E-state index contributed by atoms with van der Waals surface area (Å²) in [6, 6.07) is 0.437. The SMILES string of the molecule is CC(C)c1nc2n(n1)CC(NCc1cn[nH]c1C(C)(C)C)CC2. The number of hydrogen-bond acceptors (Lipinski definition) is 4. The van der Waals surface area contributed by atoms with Crippen LogP contribution in [0.2, 0.25) is 0 Å². The summed E-state index contributed by atoms with van der Waals surface area (Å²) in [4.78, 5) is 4.65. The summed E-state index contributed by atoms with van der Waals surface area (Å²) in [5, 5.41) is 15.7. The molecule has 6 nitrogen and oxygen atoms in total. The first-order valence-electron chi connectivity index (χ1n) is 8.54. The van der Waals surface area contributed by atoms with Crippen LogP contribution in [0.5, 0.6) is 0 Å². The number of H-pyrrole nitrogens is 1. The third-order valence-electron chi connectivity index (χ3n) is 4.44. The quantitative estimate of drug-likeness (QED) is 0.909. The zero-order valence-corrected chi connectivity index (χ0v) is 14.8. The Morgan fingerprint density at radius 1 is 1.39 bits per heavy atom. The van der Waals surface area contributed by atoms with Gasteiger partial charge in [0.25, 0.3) is 0 Å². The molecule has 1 aliphatic heterocycles. The molecule has 2 N–H and O–H groups in total. The molecule has 0 amide bonds. The molecule has 6 heteroatoms. The molecule has 0 radical (unpaired) electrons. The van der Waals surface area contributed by atoms with Gasteiger partial charge >= 0.3 is 0 Å². The lowest BCUT2D eigenvalue weighted by atomic mass is 9.89. The second-order valence-corrected chi connectivity index (χ2v) is 7.86. The van der Waals surface area contributed by atoms with Crippen molar-refractivity contribution in [3.63, 3.8) is 0 Å². The molecule has 2 aromatic heterocycles. The summed E-state index contributed by atoms with van der Waals surface area (Å²) in [5.41, 5.74) is 2.56. The van der Waals surface area contributed by atoms with Crippen LogP contribution in [-0.4, -0.2) is 31.0 Å². The highest BCUT2D eigenvalue weighted by Gasteiger charge is 2.24. The fraction of sp³-hybridized carbons (Fsp3) is 0.706. The normalized spacial score (nSPS) is 18.4. The topological polar surface area (TPSA) is 71.4 Å². The maximum Gasteiger partial charge on any atom is 0.153 e. The van der Waals surface area contributed by atoms with Gasteiger partial charge in [-0.05, 0) is 6.42 Å². The summed E-state index contributed by atoms with van der Waals surface area (Å²) in [7, 11) is 0. The number of nitrogens with zero attached hydrogens (tertiary/aromatic N) is 4. The van der Waals surface area contributed by atoms with Crippen molar-refractivity contribution in [3.8, 4) is 0 Å². The van der Waals surface area contributed by atoms with Gasteiger partial charge in [-0.15, -0.1) is 0 Å². The minimum atomic E-state index is 0.0886. The zero-order valence-electron chi connectivity index (χ0n) is 14.8. The predicted molar refractivity (Wildman–Crippen MR) is 90.3 cm³/mol. The minimum absolute atomic E-state index is 0.0886. The summed E-state index contributed by atoms with van der Waals surface area (Å²) in [5.74, 6) is 2.48. The molecule has 2 aromatic rings. The third kappa shape index (κ3) is 3.47. The van der Waals surface area contributed by atoms with Gasteiger partial charge in [-0.25, -0.2) is 9.67 Å². The van der Waals surface area contributed by atoms with Crippen LogP contribution in [0.3, 0.4) is 0 Å². The van der Waals surface area contributed by atoms with Gasteiger partial charge in [0.05, 0.1) is 12.7 Å². The number of aromatic amines is 1. The van der Waals surface area contributed by atoms with Gasteiger partial charge in [0.2, 0.25) is 0 Å². The van der Waals surface area contributed by atoms with Crippen LogP contribution in [0.15, 0.2) is 6.20 Å². The predicted octanol–water partition coefficient (Wildman–Crippen LogP) is 2.53. The number of fused-ring (bicyclic) bond motifs is 1. The van der Waals surface area contributed by atoms with Crippen molar-refractivity contribution in [1.29, 1.82) is 0 Å². The van der Waals surface area contributed by atoms with E-state index >= 15 is 0 Å². The number of hydrogen-bond donors (Lipinski definition) is 2. The number of aryl methyl sites for hydroxylation is 1. The van der Waals surface area contributed by atoms with E-state index in [1.54, 1.807) is 0 Å². The Bertz CT molecular complexity index is 661. The Morgan fingerprint density at radius 3 is 2.87 bits per heavy atom. The molecule has 1 unspecified atom stereocenters. The lowest BCUT2D eigenvalue weighted by molar-refractivity contribution is 0.356. The Kier molecular flexibility index (Phi) is 4.27. The minimum Gasteiger partial charge on any atom is -0.308 e. The van der Waals surface area contributed by atoms with E-state index in [2.05, 4.69) is 64.9 Å². The first-order chi connectivity index (χ1) is 10.8. The van der Waals surface area contributed by atoms with E-state index in [-0.39, 0.29) is 5.41 Å². The van der Waals surface area contributed by atoms with E-state index in [1.807, 2.05) is 6.20 Å². The van der Waals surface area contributed by atoms with Crippen molar-refractivity contribution >= 4 is 0 Å². The molecule has 0 spiro atoms. The van der Waals surface area contributed by atoms with Crippen LogP contribution in [0, 0.1) is 0 Å². The van der Waals surface area contributed by atoms with Gasteiger partial charge in [-0.3, -0.25) is 5.10 Å². The summed E-state index contributed by atoms with van der Waals surface area (Å²) in [6.07, 6.45) is 4.04. The number of aromatic nitrogens is 5. The van der Waals surface area contributed by atoms with E-state index in [0.717, 1.165) is 37.6 Å².